The summed E-state index contributed by atoms with van der Waals surface area (Å²) in [5.74, 6) is 0.406. The lowest BCUT2D eigenvalue weighted by Crippen LogP contribution is -2.42. The third-order valence-electron chi connectivity index (χ3n) is 4.47. The van der Waals surface area contributed by atoms with Crippen LogP contribution in [0.2, 0.25) is 0 Å². The monoisotopic (exact) mass is 385 g/mol. The topological polar surface area (TPSA) is 113 Å². The fourth-order valence-corrected chi connectivity index (χ4v) is 3.11. The second-order valence-electron chi connectivity index (χ2n) is 6.63. The van der Waals surface area contributed by atoms with Crippen LogP contribution in [0.25, 0.3) is 5.70 Å². The molecule has 0 spiro atoms. The van der Waals surface area contributed by atoms with Crippen LogP contribution >= 0.6 is 0 Å². The predicted molar refractivity (Wildman–Crippen MR) is 101 cm³/mol. The first-order valence-electron chi connectivity index (χ1n) is 8.46. The minimum Gasteiger partial charge on any atom is -0.483 e. The van der Waals surface area contributed by atoms with Crippen LogP contribution in [-0.4, -0.2) is 34.8 Å². The molecule has 1 amide bonds. The van der Waals surface area contributed by atoms with Gasteiger partial charge in [0.2, 0.25) is 0 Å². The molecular weight excluding hydrogens is 366 g/mol. The number of carbonyl (C=O) groups is 1. The van der Waals surface area contributed by atoms with E-state index in [9.17, 15) is 19.7 Å². The van der Waals surface area contributed by atoms with Crippen molar-refractivity contribution in [3.63, 3.8) is 0 Å². The molecule has 1 aromatic carbocycles. The highest BCUT2D eigenvalue weighted by Gasteiger charge is 2.37. The zero-order chi connectivity index (χ0) is 20.5. The third kappa shape index (κ3) is 3.46. The van der Waals surface area contributed by atoms with Gasteiger partial charge in [-0.1, -0.05) is 6.07 Å². The van der Waals surface area contributed by atoms with E-state index in [0.29, 0.717) is 22.6 Å². The number of amides is 1. The summed E-state index contributed by atoms with van der Waals surface area (Å²) in [7, 11) is 1.24. The van der Waals surface area contributed by atoms with Gasteiger partial charge >= 0.3 is 6.09 Å². The summed E-state index contributed by atoms with van der Waals surface area (Å²) in [6.07, 6.45) is 0.924. The first-order chi connectivity index (χ1) is 13.2. The number of carbonyl (C=O) groups excluding carboxylic acids is 1. The average Bonchev–Trinajstić information content (AvgIpc) is 2.65. The molecule has 1 aliphatic rings. The van der Waals surface area contributed by atoms with E-state index in [1.807, 2.05) is 0 Å². The number of fused-ring (bicyclic) bond motifs is 1. The molecule has 0 bridgehead atoms. The molecule has 0 aliphatic carbocycles. The van der Waals surface area contributed by atoms with Gasteiger partial charge in [0.1, 0.15) is 11.4 Å². The number of non-ortho nitro benzene ring substituents is 1. The first-order valence-corrected chi connectivity index (χ1v) is 8.46. The molecule has 0 saturated heterocycles. The van der Waals surface area contributed by atoms with Crippen LogP contribution in [0.5, 0.6) is 5.75 Å². The lowest BCUT2D eigenvalue weighted by molar-refractivity contribution is -0.384. The molecule has 146 valence electrons. The average molecular weight is 385 g/mol. The number of nitro groups is 1. The van der Waals surface area contributed by atoms with Gasteiger partial charge in [-0.15, -0.1) is 0 Å². The van der Waals surface area contributed by atoms with Crippen molar-refractivity contribution >= 4 is 17.5 Å². The predicted octanol–water partition coefficient (Wildman–Crippen LogP) is 2.54. The number of hydrogen-bond donors (Lipinski definition) is 1. The highest BCUT2D eigenvalue weighted by molar-refractivity contribution is 5.79. The molecule has 28 heavy (non-hydrogen) atoms. The lowest BCUT2D eigenvalue weighted by Gasteiger charge is -2.37. The number of hydrogen-bond acceptors (Lipinski definition) is 6. The van der Waals surface area contributed by atoms with Crippen LogP contribution in [0.15, 0.2) is 53.0 Å². The molecule has 0 unspecified atom stereocenters. The molecule has 2 aromatic rings. The minimum atomic E-state index is -0.894. The number of nitrogens with zero attached hydrogens (tertiary/aromatic N) is 2. The standard InChI is InChI=1S/C19H19N3O6/c1-19(2)14(11-20-18(24)27-3)17(21-9-5-4-6-16(21)23)13-10-12(22(25)26)7-8-15(13)28-19/h4-10H,11H2,1-3H3,(H,20,24). The van der Waals surface area contributed by atoms with Gasteiger partial charge in [-0.2, -0.15) is 0 Å². The van der Waals surface area contributed by atoms with Crippen molar-refractivity contribution in [1.29, 1.82) is 0 Å². The fourth-order valence-electron chi connectivity index (χ4n) is 3.11. The summed E-state index contributed by atoms with van der Waals surface area (Å²) < 4.78 is 12.0. The molecule has 9 nitrogen and oxygen atoms in total. The Kier molecular flexibility index (Phi) is 4.91. The summed E-state index contributed by atoms with van der Waals surface area (Å²) >= 11 is 0. The molecule has 2 heterocycles. The van der Waals surface area contributed by atoms with Crippen LogP contribution in [0, 0.1) is 10.1 Å². The number of methoxy groups -OCH3 is 1. The number of nitrogens with one attached hydrogen (secondary N) is 1. The van der Waals surface area contributed by atoms with Gasteiger partial charge in [0.25, 0.3) is 11.2 Å². The number of benzene rings is 1. The Balaban J connectivity index is 2.30. The van der Waals surface area contributed by atoms with Crippen LogP contribution in [0.4, 0.5) is 10.5 Å². The zero-order valence-electron chi connectivity index (χ0n) is 15.6. The van der Waals surface area contributed by atoms with Crippen molar-refractivity contribution in [1.82, 2.24) is 9.88 Å². The molecule has 0 saturated carbocycles. The molecule has 0 atom stereocenters. The quantitative estimate of drug-likeness (QED) is 0.639. The van der Waals surface area contributed by atoms with Crippen LogP contribution in [0.3, 0.4) is 0 Å². The Bertz CT molecular complexity index is 1040. The molecule has 3 rings (SSSR count). The Morgan fingerprint density at radius 1 is 1.32 bits per heavy atom. The molecule has 1 aliphatic heterocycles. The van der Waals surface area contributed by atoms with Gasteiger partial charge in [-0.25, -0.2) is 4.79 Å². The number of pyridine rings is 1. The number of rotatable bonds is 4. The van der Waals surface area contributed by atoms with Crippen molar-refractivity contribution in [2.45, 2.75) is 19.4 Å². The normalized spacial score (nSPS) is 14.7. The van der Waals surface area contributed by atoms with Crippen LogP contribution in [0.1, 0.15) is 19.4 Å². The summed E-state index contributed by atoms with van der Waals surface area (Å²) in [6, 6.07) is 8.88. The number of nitro benzene ring substituents is 1. The van der Waals surface area contributed by atoms with E-state index >= 15 is 0 Å². The smallest absolute Gasteiger partial charge is 0.407 e. The second-order valence-corrected chi connectivity index (χ2v) is 6.63. The lowest BCUT2D eigenvalue weighted by atomic mass is 9.89. The molecule has 0 fully saturated rings. The van der Waals surface area contributed by atoms with Crippen LogP contribution < -0.4 is 15.6 Å². The molecule has 9 heteroatoms. The van der Waals surface area contributed by atoms with Crippen molar-refractivity contribution in [2.75, 3.05) is 13.7 Å². The second kappa shape index (κ2) is 7.18. The summed E-state index contributed by atoms with van der Waals surface area (Å²) in [6.45, 7) is 3.61. The van der Waals surface area contributed by atoms with Gasteiger partial charge in [-0.05, 0) is 26.0 Å². The molecule has 0 radical (unpaired) electrons. The van der Waals surface area contributed by atoms with Gasteiger partial charge in [0.15, 0.2) is 0 Å². The maximum Gasteiger partial charge on any atom is 0.407 e. The van der Waals surface area contributed by atoms with Crippen molar-refractivity contribution in [3.8, 4) is 5.75 Å². The Labute approximate surface area is 160 Å². The number of alkyl carbamates (subject to hydrolysis) is 1. The van der Waals surface area contributed by atoms with E-state index in [0.717, 1.165) is 0 Å². The van der Waals surface area contributed by atoms with E-state index in [-0.39, 0.29) is 17.8 Å². The largest absolute Gasteiger partial charge is 0.483 e. The van der Waals surface area contributed by atoms with E-state index in [4.69, 9.17) is 4.74 Å². The maximum absolute atomic E-state index is 12.5. The van der Waals surface area contributed by atoms with Gasteiger partial charge in [0.05, 0.1) is 17.7 Å². The van der Waals surface area contributed by atoms with Gasteiger partial charge in [0, 0.05) is 42.1 Å². The Hall–Kier alpha value is -3.62. The van der Waals surface area contributed by atoms with Gasteiger partial charge in [-0.3, -0.25) is 19.5 Å². The minimum absolute atomic E-state index is 0.0263. The summed E-state index contributed by atoms with van der Waals surface area (Å²) in [5, 5.41) is 13.9. The van der Waals surface area contributed by atoms with Crippen molar-refractivity contribution in [3.05, 3.63) is 74.2 Å². The van der Waals surface area contributed by atoms with Crippen molar-refractivity contribution < 1.29 is 19.2 Å². The fraction of sp³-hybridized carbons (Fsp3) is 0.263. The molecule has 1 N–H and O–H groups in total. The molecular formula is C19H19N3O6. The van der Waals surface area contributed by atoms with Crippen LogP contribution in [-0.2, 0) is 4.74 Å². The molecule has 1 aromatic heterocycles. The highest BCUT2D eigenvalue weighted by atomic mass is 16.6. The number of ether oxygens (including phenoxy) is 2. The highest BCUT2D eigenvalue weighted by Crippen LogP contribution is 2.42. The Morgan fingerprint density at radius 3 is 2.71 bits per heavy atom. The first kappa shape index (κ1) is 19.2. The summed E-state index contributed by atoms with van der Waals surface area (Å²) in [5.41, 5.74) is 0.0427. The van der Waals surface area contributed by atoms with Crippen molar-refractivity contribution in [2.24, 2.45) is 0 Å². The van der Waals surface area contributed by atoms with E-state index in [1.54, 1.807) is 32.2 Å². The third-order valence-corrected chi connectivity index (χ3v) is 4.47. The maximum atomic E-state index is 12.5. The zero-order valence-corrected chi connectivity index (χ0v) is 15.6. The number of aromatic nitrogens is 1. The Morgan fingerprint density at radius 2 is 2.07 bits per heavy atom. The van der Waals surface area contributed by atoms with E-state index in [2.05, 4.69) is 10.1 Å². The van der Waals surface area contributed by atoms with Gasteiger partial charge < -0.3 is 14.8 Å². The summed E-state index contributed by atoms with van der Waals surface area (Å²) in [4.78, 5) is 34.9. The SMILES string of the molecule is COC(=O)NCC1=C(n2ccccc2=O)c2cc([N+](=O)[O-])ccc2OC1(C)C. The van der Waals surface area contributed by atoms with E-state index < -0.39 is 16.6 Å². The van der Waals surface area contributed by atoms with E-state index in [1.165, 1.54) is 35.9 Å².